The SMILES string of the molecule is CNC(=O)[C@H]1CN(C)CCN(S(=O)(=O)c2cccc(F)c2)C1. The van der Waals surface area contributed by atoms with E-state index >= 15 is 0 Å². The van der Waals surface area contributed by atoms with Gasteiger partial charge in [0.1, 0.15) is 5.82 Å². The van der Waals surface area contributed by atoms with Gasteiger partial charge in [0, 0.05) is 33.2 Å². The van der Waals surface area contributed by atoms with Crippen LogP contribution in [0.5, 0.6) is 0 Å². The van der Waals surface area contributed by atoms with Crippen molar-refractivity contribution in [3.63, 3.8) is 0 Å². The number of likely N-dealkylation sites (N-methyl/N-ethyl adjacent to an activating group) is 1. The summed E-state index contributed by atoms with van der Waals surface area (Å²) < 4.78 is 39.9. The number of sulfonamides is 1. The number of amides is 1. The van der Waals surface area contributed by atoms with Crippen molar-refractivity contribution in [2.75, 3.05) is 40.3 Å². The Balaban J connectivity index is 2.31. The van der Waals surface area contributed by atoms with Gasteiger partial charge >= 0.3 is 0 Å². The third-order valence-electron chi connectivity index (χ3n) is 3.74. The number of carbonyl (C=O) groups is 1. The van der Waals surface area contributed by atoms with Crippen LogP contribution in [-0.4, -0.2) is 63.8 Å². The quantitative estimate of drug-likeness (QED) is 0.855. The lowest BCUT2D eigenvalue weighted by Gasteiger charge is -2.22. The monoisotopic (exact) mass is 329 g/mol. The van der Waals surface area contributed by atoms with E-state index < -0.39 is 21.8 Å². The molecule has 0 saturated carbocycles. The molecule has 0 bridgehead atoms. The van der Waals surface area contributed by atoms with Crippen LogP contribution in [0, 0.1) is 11.7 Å². The number of nitrogens with one attached hydrogen (secondary N) is 1. The Bertz CT molecular complexity index is 650. The van der Waals surface area contributed by atoms with Crippen LogP contribution >= 0.6 is 0 Å². The predicted molar refractivity (Wildman–Crippen MR) is 80.2 cm³/mol. The van der Waals surface area contributed by atoms with Crippen molar-refractivity contribution in [2.24, 2.45) is 5.92 Å². The molecule has 6 nitrogen and oxygen atoms in total. The zero-order chi connectivity index (χ0) is 16.3. The van der Waals surface area contributed by atoms with E-state index in [0.717, 1.165) is 6.07 Å². The van der Waals surface area contributed by atoms with Crippen molar-refractivity contribution in [1.29, 1.82) is 0 Å². The topological polar surface area (TPSA) is 69.7 Å². The van der Waals surface area contributed by atoms with Crippen molar-refractivity contribution < 1.29 is 17.6 Å². The molecule has 1 amide bonds. The summed E-state index contributed by atoms with van der Waals surface area (Å²) in [6, 6.07) is 4.92. The fraction of sp³-hybridized carbons (Fsp3) is 0.500. The standard InChI is InChI=1S/C14H20FN3O3S/c1-16-14(19)11-9-17(2)6-7-18(10-11)22(20,21)13-5-3-4-12(15)8-13/h3-5,8,11H,6-7,9-10H2,1-2H3,(H,16,19)/t11-/m0/s1. The number of nitrogens with zero attached hydrogens (tertiary/aromatic N) is 2. The molecule has 0 unspecified atom stereocenters. The highest BCUT2D eigenvalue weighted by Crippen LogP contribution is 2.20. The molecule has 1 aromatic rings. The second-order valence-corrected chi connectivity index (χ2v) is 7.33. The molecule has 0 spiro atoms. The van der Waals surface area contributed by atoms with Gasteiger partial charge < -0.3 is 10.2 Å². The minimum absolute atomic E-state index is 0.0862. The van der Waals surface area contributed by atoms with Crippen LogP contribution in [0.4, 0.5) is 4.39 Å². The van der Waals surface area contributed by atoms with Gasteiger partial charge in [0.15, 0.2) is 0 Å². The van der Waals surface area contributed by atoms with Gasteiger partial charge in [0.25, 0.3) is 0 Å². The van der Waals surface area contributed by atoms with Gasteiger partial charge in [0.05, 0.1) is 10.8 Å². The first kappa shape index (κ1) is 16.9. The van der Waals surface area contributed by atoms with Gasteiger partial charge in [-0.05, 0) is 25.2 Å². The summed E-state index contributed by atoms with van der Waals surface area (Å²) in [6.45, 7) is 1.35. The summed E-state index contributed by atoms with van der Waals surface area (Å²) in [6.07, 6.45) is 0. The van der Waals surface area contributed by atoms with E-state index in [-0.39, 0.29) is 23.9 Å². The van der Waals surface area contributed by atoms with E-state index in [1.165, 1.54) is 29.6 Å². The third kappa shape index (κ3) is 3.63. The molecule has 1 aliphatic heterocycles. The maximum atomic E-state index is 13.3. The average molecular weight is 329 g/mol. The van der Waals surface area contributed by atoms with Crippen LogP contribution in [0.2, 0.25) is 0 Å². The lowest BCUT2D eigenvalue weighted by atomic mass is 10.1. The van der Waals surface area contributed by atoms with Crippen LogP contribution in [-0.2, 0) is 14.8 Å². The molecule has 1 N–H and O–H groups in total. The number of benzene rings is 1. The van der Waals surface area contributed by atoms with E-state index in [0.29, 0.717) is 13.1 Å². The van der Waals surface area contributed by atoms with Crippen molar-refractivity contribution in [2.45, 2.75) is 4.90 Å². The summed E-state index contributed by atoms with van der Waals surface area (Å²) in [4.78, 5) is 13.7. The Hall–Kier alpha value is -1.51. The molecule has 1 atom stereocenters. The van der Waals surface area contributed by atoms with E-state index in [2.05, 4.69) is 5.32 Å². The van der Waals surface area contributed by atoms with Gasteiger partial charge in [0.2, 0.25) is 15.9 Å². The lowest BCUT2D eigenvalue weighted by molar-refractivity contribution is -0.124. The molecular formula is C14H20FN3O3S. The molecule has 1 saturated heterocycles. The van der Waals surface area contributed by atoms with Gasteiger partial charge in [-0.3, -0.25) is 4.79 Å². The van der Waals surface area contributed by atoms with Gasteiger partial charge in [-0.2, -0.15) is 4.31 Å². The molecule has 22 heavy (non-hydrogen) atoms. The molecule has 0 aliphatic carbocycles. The summed E-state index contributed by atoms with van der Waals surface area (Å²) in [5.74, 6) is -1.26. The summed E-state index contributed by atoms with van der Waals surface area (Å²) in [7, 11) is -0.451. The molecular weight excluding hydrogens is 309 g/mol. The Morgan fingerprint density at radius 1 is 1.32 bits per heavy atom. The predicted octanol–water partition coefficient (Wildman–Crippen LogP) is 0.124. The summed E-state index contributed by atoms with van der Waals surface area (Å²) in [5, 5.41) is 2.56. The summed E-state index contributed by atoms with van der Waals surface area (Å²) in [5.41, 5.74) is 0. The Kier molecular flexibility index (Phi) is 5.15. The first-order valence-corrected chi connectivity index (χ1v) is 8.44. The molecule has 122 valence electrons. The highest BCUT2D eigenvalue weighted by atomic mass is 32.2. The molecule has 8 heteroatoms. The number of hydrogen-bond acceptors (Lipinski definition) is 4. The fourth-order valence-corrected chi connectivity index (χ4v) is 4.02. The molecule has 1 heterocycles. The first-order valence-electron chi connectivity index (χ1n) is 7.00. The van der Waals surface area contributed by atoms with E-state index in [4.69, 9.17) is 0 Å². The van der Waals surface area contributed by atoms with Gasteiger partial charge in [-0.25, -0.2) is 12.8 Å². The maximum Gasteiger partial charge on any atom is 0.243 e. The number of halogens is 1. The Morgan fingerprint density at radius 2 is 2.05 bits per heavy atom. The third-order valence-corrected chi connectivity index (χ3v) is 5.60. The second-order valence-electron chi connectivity index (χ2n) is 5.39. The fourth-order valence-electron chi connectivity index (χ4n) is 2.51. The lowest BCUT2D eigenvalue weighted by Crippen LogP contribution is -2.41. The highest BCUT2D eigenvalue weighted by Gasteiger charge is 2.33. The molecule has 1 aliphatic rings. The smallest absolute Gasteiger partial charge is 0.243 e. The van der Waals surface area contributed by atoms with Crippen molar-refractivity contribution in [3.8, 4) is 0 Å². The van der Waals surface area contributed by atoms with Crippen LogP contribution in [0.1, 0.15) is 0 Å². The van der Waals surface area contributed by atoms with E-state index in [1.54, 1.807) is 0 Å². The number of rotatable bonds is 3. The number of hydrogen-bond donors (Lipinski definition) is 1. The minimum Gasteiger partial charge on any atom is -0.359 e. The summed E-state index contributed by atoms with van der Waals surface area (Å²) >= 11 is 0. The molecule has 0 aromatic heterocycles. The molecule has 1 aromatic carbocycles. The molecule has 1 fully saturated rings. The zero-order valence-electron chi connectivity index (χ0n) is 12.6. The Morgan fingerprint density at radius 3 is 2.68 bits per heavy atom. The van der Waals surface area contributed by atoms with E-state index in [9.17, 15) is 17.6 Å². The van der Waals surface area contributed by atoms with Crippen LogP contribution in [0.25, 0.3) is 0 Å². The van der Waals surface area contributed by atoms with Crippen LogP contribution < -0.4 is 5.32 Å². The largest absolute Gasteiger partial charge is 0.359 e. The zero-order valence-corrected chi connectivity index (χ0v) is 13.4. The highest BCUT2D eigenvalue weighted by molar-refractivity contribution is 7.89. The van der Waals surface area contributed by atoms with Crippen molar-refractivity contribution >= 4 is 15.9 Å². The second kappa shape index (κ2) is 6.72. The van der Waals surface area contributed by atoms with E-state index in [1.807, 2.05) is 11.9 Å². The molecule has 0 radical (unpaired) electrons. The molecule has 2 rings (SSSR count). The van der Waals surface area contributed by atoms with Crippen molar-refractivity contribution in [3.05, 3.63) is 30.1 Å². The van der Waals surface area contributed by atoms with Crippen LogP contribution in [0.3, 0.4) is 0 Å². The Labute approximate surface area is 130 Å². The van der Waals surface area contributed by atoms with Crippen LogP contribution in [0.15, 0.2) is 29.2 Å². The average Bonchev–Trinajstić information content (AvgIpc) is 2.68. The van der Waals surface area contributed by atoms with Gasteiger partial charge in [-0.1, -0.05) is 6.07 Å². The van der Waals surface area contributed by atoms with Gasteiger partial charge in [-0.15, -0.1) is 0 Å². The normalized spacial score (nSPS) is 21.3. The maximum absolute atomic E-state index is 13.3. The first-order chi connectivity index (χ1) is 10.3. The number of carbonyl (C=O) groups excluding carboxylic acids is 1. The van der Waals surface area contributed by atoms with Crippen molar-refractivity contribution in [1.82, 2.24) is 14.5 Å². The minimum atomic E-state index is -3.82.